The molecule has 0 saturated heterocycles. The molecule has 0 radical (unpaired) electrons. The number of aryl methyl sites for hydroxylation is 1. The molecule has 0 bridgehead atoms. The van der Waals surface area contributed by atoms with E-state index in [-0.39, 0.29) is 6.67 Å². The van der Waals surface area contributed by atoms with Crippen LogP contribution in [0.15, 0.2) is 24.3 Å². The van der Waals surface area contributed by atoms with E-state index in [1.165, 1.54) is 0 Å². The van der Waals surface area contributed by atoms with Gasteiger partial charge in [0.15, 0.2) is 0 Å². The third-order valence-corrected chi connectivity index (χ3v) is 5.25. The molecule has 0 unspecified atom stereocenters. The van der Waals surface area contributed by atoms with Crippen molar-refractivity contribution in [3.8, 4) is 0 Å². The van der Waals surface area contributed by atoms with Crippen LogP contribution in [-0.4, -0.2) is 6.67 Å². The maximum atomic E-state index is 13.6. The lowest BCUT2D eigenvalue weighted by Crippen LogP contribution is -2.14. The molecule has 146 valence electrons. The molecule has 2 rings (SSSR count). The van der Waals surface area contributed by atoms with E-state index in [2.05, 4.69) is 12.2 Å². The fourth-order valence-corrected chi connectivity index (χ4v) is 3.68. The van der Waals surface area contributed by atoms with E-state index in [1.807, 2.05) is 0 Å². The van der Waals surface area contributed by atoms with Gasteiger partial charge in [-0.05, 0) is 87.3 Å². The minimum atomic E-state index is -3.13. The van der Waals surface area contributed by atoms with Crippen LogP contribution in [0.25, 0.3) is 0 Å². The van der Waals surface area contributed by atoms with Gasteiger partial charge in [0.1, 0.15) is 11.6 Å². The van der Waals surface area contributed by atoms with E-state index in [4.69, 9.17) is 0 Å². The second-order valence-corrected chi connectivity index (χ2v) is 7.21. The summed E-state index contributed by atoms with van der Waals surface area (Å²) in [7, 11) is 0. The Balaban J connectivity index is 1.75. The van der Waals surface area contributed by atoms with Crippen LogP contribution in [0.2, 0.25) is 0 Å². The molecule has 0 spiro atoms. The van der Waals surface area contributed by atoms with Crippen molar-refractivity contribution in [2.75, 3.05) is 6.67 Å². The Bertz CT molecular complexity index is 551. The lowest BCUT2D eigenvalue weighted by molar-refractivity contribution is 0.141. The molecule has 0 amide bonds. The Morgan fingerprint density at radius 3 is 2.23 bits per heavy atom. The molecule has 1 aromatic carbocycles. The standard InChI is InChI=1S/C21H27F5/c22-12-4-2-1-3-5-15-6-8-16(9-7-15)10-11-17-13-18(23)20(21(25)26)19(24)14-17/h3,5,13-16,21H,1-2,4,6-12H2/b5-3+. The lowest BCUT2D eigenvalue weighted by Gasteiger charge is -2.26. The van der Waals surface area contributed by atoms with Gasteiger partial charge in [0.25, 0.3) is 6.43 Å². The molecular formula is C21H27F5. The predicted octanol–water partition coefficient (Wildman–Crippen LogP) is 7.34. The maximum Gasteiger partial charge on any atom is 0.269 e. The first-order valence-corrected chi connectivity index (χ1v) is 9.49. The van der Waals surface area contributed by atoms with E-state index >= 15 is 0 Å². The molecule has 0 aliphatic heterocycles. The van der Waals surface area contributed by atoms with Crippen molar-refractivity contribution < 1.29 is 22.0 Å². The SMILES string of the molecule is FCCCC/C=C/C1CCC(CCc2cc(F)c(C(F)F)c(F)c2)CC1. The molecule has 1 aliphatic carbocycles. The molecule has 0 atom stereocenters. The van der Waals surface area contributed by atoms with Gasteiger partial charge in [-0.3, -0.25) is 4.39 Å². The Labute approximate surface area is 152 Å². The number of hydrogen-bond acceptors (Lipinski definition) is 0. The largest absolute Gasteiger partial charge is 0.269 e. The summed E-state index contributed by atoms with van der Waals surface area (Å²) in [4.78, 5) is 0. The quantitative estimate of drug-likeness (QED) is 0.241. The van der Waals surface area contributed by atoms with Gasteiger partial charge in [-0.1, -0.05) is 12.2 Å². The molecule has 0 N–H and O–H groups in total. The highest BCUT2D eigenvalue weighted by atomic mass is 19.3. The Morgan fingerprint density at radius 2 is 1.65 bits per heavy atom. The maximum absolute atomic E-state index is 13.6. The van der Waals surface area contributed by atoms with E-state index in [0.717, 1.165) is 57.1 Å². The molecule has 5 heteroatoms. The van der Waals surface area contributed by atoms with E-state index in [1.54, 1.807) is 0 Å². The molecule has 0 aromatic heterocycles. The second-order valence-electron chi connectivity index (χ2n) is 7.21. The molecule has 1 fully saturated rings. The van der Waals surface area contributed by atoms with Crippen molar-refractivity contribution in [1.82, 2.24) is 0 Å². The monoisotopic (exact) mass is 374 g/mol. The summed E-state index contributed by atoms with van der Waals surface area (Å²) < 4.78 is 64.4. The second kappa shape index (κ2) is 10.7. The first-order chi connectivity index (χ1) is 12.5. The molecular weight excluding hydrogens is 347 g/mol. The Hall–Kier alpha value is -1.39. The zero-order chi connectivity index (χ0) is 18.9. The van der Waals surface area contributed by atoms with Crippen LogP contribution >= 0.6 is 0 Å². The van der Waals surface area contributed by atoms with Gasteiger partial charge in [0.2, 0.25) is 0 Å². The van der Waals surface area contributed by atoms with Crippen LogP contribution in [0.3, 0.4) is 0 Å². The number of halogens is 5. The lowest BCUT2D eigenvalue weighted by atomic mass is 9.79. The molecule has 0 nitrogen and oxygen atoms in total. The zero-order valence-electron chi connectivity index (χ0n) is 15.0. The van der Waals surface area contributed by atoms with Crippen LogP contribution in [0.5, 0.6) is 0 Å². The van der Waals surface area contributed by atoms with Crippen LogP contribution in [-0.2, 0) is 6.42 Å². The smallest absolute Gasteiger partial charge is 0.251 e. The normalized spacial score (nSPS) is 21.0. The fourth-order valence-electron chi connectivity index (χ4n) is 3.68. The summed E-state index contributed by atoms with van der Waals surface area (Å²) in [5.74, 6) is -1.24. The molecule has 1 aromatic rings. The minimum absolute atomic E-state index is 0.252. The van der Waals surface area contributed by atoms with Crippen molar-refractivity contribution in [1.29, 1.82) is 0 Å². The average molecular weight is 374 g/mol. The van der Waals surface area contributed by atoms with E-state index < -0.39 is 23.6 Å². The highest BCUT2D eigenvalue weighted by molar-refractivity contribution is 5.27. The Morgan fingerprint density at radius 1 is 1.00 bits per heavy atom. The van der Waals surface area contributed by atoms with Gasteiger partial charge in [0, 0.05) is 0 Å². The number of alkyl halides is 3. The highest BCUT2D eigenvalue weighted by Gasteiger charge is 2.22. The molecule has 1 aliphatic rings. The fraction of sp³-hybridized carbons (Fsp3) is 0.619. The van der Waals surface area contributed by atoms with Crippen LogP contribution in [0.4, 0.5) is 22.0 Å². The summed E-state index contributed by atoms with van der Waals surface area (Å²) in [6, 6.07) is 2.08. The third-order valence-electron chi connectivity index (χ3n) is 5.25. The molecule has 0 heterocycles. The first-order valence-electron chi connectivity index (χ1n) is 9.49. The van der Waals surface area contributed by atoms with Gasteiger partial charge in [-0.15, -0.1) is 0 Å². The number of benzene rings is 1. The summed E-state index contributed by atoms with van der Waals surface area (Å²) >= 11 is 0. The van der Waals surface area contributed by atoms with Crippen LogP contribution in [0, 0.1) is 23.5 Å². The van der Waals surface area contributed by atoms with E-state index in [0.29, 0.717) is 30.2 Å². The third kappa shape index (κ3) is 6.40. The number of allylic oxidation sites excluding steroid dienone is 2. The topological polar surface area (TPSA) is 0 Å². The van der Waals surface area contributed by atoms with Gasteiger partial charge < -0.3 is 0 Å². The van der Waals surface area contributed by atoms with Crippen molar-refractivity contribution in [2.24, 2.45) is 11.8 Å². The molecule has 26 heavy (non-hydrogen) atoms. The zero-order valence-corrected chi connectivity index (χ0v) is 15.0. The van der Waals surface area contributed by atoms with Gasteiger partial charge in [0.05, 0.1) is 12.2 Å². The summed E-state index contributed by atoms with van der Waals surface area (Å²) in [5.41, 5.74) is -0.688. The van der Waals surface area contributed by atoms with Gasteiger partial charge in [-0.25, -0.2) is 17.6 Å². The van der Waals surface area contributed by atoms with Crippen molar-refractivity contribution in [3.05, 3.63) is 47.0 Å². The first kappa shape index (κ1) is 20.9. The average Bonchev–Trinajstić information content (AvgIpc) is 2.60. The summed E-state index contributed by atoms with van der Waals surface area (Å²) in [5, 5.41) is 0. The van der Waals surface area contributed by atoms with Crippen molar-refractivity contribution in [2.45, 2.75) is 64.2 Å². The number of rotatable bonds is 9. The summed E-state index contributed by atoms with van der Waals surface area (Å²) in [6.07, 6.45) is 9.34. The van der Waals surface area contributed by atoms with Crippen molar-refractivity contribution in [3.63, 3.8) is 0 Å². The van der Waals surface area contributed by atoms with Gasteiger partial charge >= 0.3 is 0 Å². The van der Waals surface area contributed by atoms with E-state index in [9.17, 15) is 22.0 Å². The number of unbranched alkanes of at least 4 members (excludes halogenated alkanes) is 2. The minimum Gasteiger partial charge on any atom is -0.251 e. The molecule has 1 saturated carbocycles. The highest BCUT2D eigenvalue weighted by Crippen LogP contribution is 2.33. The Kier molecular flexibility index (Phi) is 8.60. The predicted molar refractivity (Wildman–Crippen MR) is 94.1 cm³/mol. The van der Waals surface area contributed by atoms with Crippen LogP contribution in [0.1, 0.15) is 68.9 Å². The summed E-state index contributed by atoms with van der Waals surface area (Å²) in [6.45, 7) is -0.252. The van der Waals surface area contributed by atoms with Gasteiger partial charge in [-0.2, -0.15) is 0 Å². The number of hydrogen-bond donors (Lipinski definition) is 0. The van der Waals surface area contributed by atoms with Crippen LogP contribution < -0.4 is 0 Å². The van der Waals surface area contributed by atoms with Crippen molar-refractivity contribution >= 4 is 0 Å².